The van der Waals surface area contributed by atoms with Gasteiger partial charge in [0.2, 0.25) is 0 Å². The van der Waals surface area contributed by atoms with Crippen LogP contribution in [0, 0.1) is 6.92 Å². The summed E-state index contributed by atoms with van der Waals surface area (Å²) >= 11 is 0. The van der Waals surface area contributed by atoms with Crippen molar-refractivity contribution in [2.24, 2.45) is 0 Å². The summed E-state index contributed by atoms with van der Waals surface area (Å²) in [4.78, 5) is 29.3. The third kappa shape index (κ3) is 4.95. The molecule has 0 aliphatic carbocycles. The molecule has 0 radical (unpaired) electrons. The van der Waals surface area contributed by atoms with Crippen LogP contribution in [0.25, 0.3) is 11.1 Å². The highest BCUT2D eigenvalue weighted by atomic mass is 16.3. The lowest BCUT2D eigenvalue weighted by Crippen LogP contribution is -2.37. The highest BCUT2D eigenvalue weighted by Crippen LogP contribution is 2.29. The minimum absolute atomic E-state index is 0.0247. The number of hydrogen-bond acceptors (Lipinski definition) is 5. The average Bonchev–Trinajstić information content (AvgIpc) is 2.74. The molecule has 1 unspecified atom stereocenters. The second-order valence-electron chi connectivity index (χ2n) is 8.21. The maximum Gasteiger partial charge on any atom is 0.260 e. The van der Waals surface area contributed by atoms with Gasteiger partial charge in [-0.25, -0.2) is 4.98 Å². The number of hydrogen-bond donors (Lipinski definition) is 4. The van der Waals surface area contributed by atoms with Crippen molar-refractivity contribution in [3.05, 3.63) is 77.5 Å². The Labute approximate surface area is 187 Å². The van der Waals surface area contributed by atoms with Gasteiger partial charge in [0, 0.05) is 23.5 Å². The molecule has 0 aliphatic rings. The summed E-state index contributed by atoms with van der Waals surface area (Å²) in [6, 6.07) is 15.8. The van der Waals surface area contributed by atoms with E-state index < -0.39 is 11.5 Å². The Morgan fingerprint density at radius 3 is 2.41 bits per heavy atom. The van der Waals surface area contributed by atoms with E-state index in [4.69, 9.17) is 5.73 Å². The number of aryl methyl sites for hydroxylation is 1. The summed E-state index contributed by atoms with van der Waals surface area (Å²) in [5.74, 6) is -0.647. The number of carbonyl (C=O) groups excluding carboxylic acids is 2. The fraction of sp³-hybridized carbons (Fsp3) is 0.240. The Hall–Kier alpha value is -3.71. The molecule has 1 heterocycles. The summed E-state index contributed by atoms with van der Waals surface area (Å²) in [5.41, 5.74) is 8.05. The summed E-state index contributed by atoms with van der Waals surface area (Å²) < 4.78 is 0. The van der Waals surface area contributed by atoms with Crippen molar-refractivity contribution < 1.29 is 14.7 Å². The van der Waals surface area contributed by atoms with Crippen LogP contribution in [0.1, 0.15) is 42.3 Å². The van der Waals surface area contributed by atoms with Gasteiger partial charge in [0.25, 0.3) is 11.8 Å². The predicted molar refractivity (Wildman–Crippen MR) is 126 cm³/mol. The smallest absolute Gasteiger partial charge is 0.260 e. The molecule has 3 aromatic rings. The largest absolute Gasteiger partial charge is 0.383 e. The standard InChI is InChI=1S/C25H28N4O3/c1-15(2)28-23(30)21-13-17(14-27-22(21)26)20-11-10-19(12-16(20)3)29-24(31)25(4,32)18-8-6-5-7-9-18/h5-15,32H,1-4H3,(H2,26,27)(H,28,30)(H,29,31). The number of aliphatic hydroxyl groups is 1. The van der Waals surface area contributed by atoms with Crippen molar-refractivity contribution in [1.29, 1.82) is 0 Å². The first-order valence-corrected chi connectivity index (χ1v) is 10.4. The zero-order valence-electron chi connectivity index (χ0n) is 18.6. The molecule has 2 aromatic carbocycles. The second-order valence-corrected chi connectivity index (χ2v) is 8.21. The predicted octanol–water partition coefficient (Wildman–Crippen LogP) is 3.62. The Balaban J connectivity index is 1.84. The molecule has 166 valence electrons. The van der Waals surface area contributed by atoms with Crippen molar-refractivity contribution in [2.45, 2.75) is 39.3 Å². The topological polar surface area (TPSA) is 117 Å². The number of amides is 2. The number of pyridine rings is 1. The van der Waals surface area contributed by atoms with Crippen molar-refractivity contribution in [1.82, 2.24) is 10.3 Å². The van der Waals surface area contributed by atoms with E-state index in [1.807, 2.05) is 32.9 Å². The van der Waals surface area contributed by atoms with Gasteiger partial charge in [0.1, 0.15) is 5.82 Å². The van der Waals surface area contributed by atoms with Gasteiger partial charge < -0.3 is 21.5 Å². The van der Waals surface area contributed by atoms with Gasteiger partial charge in [-0.1, -0.05) is 36.4 Å². The molecule has 7 heteroatoms. The van der Waals surface area contributed by atoms with Gasteiger partial charge in [0.05, 0.1) is 5.56 Å². The molecule has 7 nitrogen and oxygen atoms in total. The third-order valence-corrected chi connectivity index (χ3v) is 5.16. The first kappa shape index (κ1) is 23.0. The first-order valence-electron chi connectivity index (χ1n) is 10.4. The van der Waals surface area contributed by atoms with Gasteiger partial charge in [-0.2, -0.15) is 0 Å². The van der Waals surface area contributed by atoms with Gasteiger partial charge in [-0.3, -0.25) is 9.59 Å². The van der Waals surface area contributed by atoms with E-state index in [1.54, 1.807) is 48.7 Å². The minimum atomic E-state index is -1.67. The molecule has 5 N–H and O–H groups in total. The number of aromatic nitrogens is 1. The molecule has 0 saturated heterocycles. The van der Waals surface area contributed by atoms with Crippen molar-refractivity contribution in [3.63, 3.8) is 0 Å². The van der Waals surface area contributed by atoms with E-state index in [-0.39, 0.29) is 17.8 Å². The van der Waals surface area contributed by atoms with Gasteiger partial charge >= 0.3 is 0 Å². The van der Waals surface area contributed by atoms with Gasteiger partial charge in [-0.15, -0.1) is 0 Å². The number of rotatable bonds is 6. The zero-order chi connectivity index (χ0) is 23.5. The van der Waals surface area contributed by atoms with Crippen molar-refractivity contribution in [2.75, 3.05) is 11.1 Å². The quantitative estimate of drug-likeness (QED) is 0.475. The molecule has 1 aromatic heterocycles. The van der Waals surface area contributed by atoms with E-state index in [0.717, 1.165) is 16.7 Å². The summed E-state index contributed by atoms with van der Waals surface area (Å²) in [7, 11) is 0. The van der Waals surface area contributed by atoms with Crippen LogP contribution in [0.2, 0.25) is 0 Å². The maximum atomic E-state index is 12.7. The molecule has 0 bridgehead atoms. The molecule has 3 rings (SSSR count). The van der Waals surface area contributed by atoms with Crippen LogP contribution < -0.4 is 16.4 Å². The zero-order valence-corrected chi connectivity index (χ0v) is 18.6. The first-order chi connectivity index (χ1) is 15.1. The number of anilines is 2. The Kier molecular flexibility index (Phi) is 6.60. The Morgan fingerprint density at radius 2 is 1.78 bits per heavy atom. The Bertz CT molecular complexity index is 1140. The molecular formula is C25H28N4O3. The molecule has 0 fully saturated rings. The summed E-state index contributed by atoms with van der Waals surface area (Å²) in [6.07, 6.45) is 1.61. The number of benzene rings is 2. The lowest BCUT2D eigenvalue weighted by molar-refractivity contribution is -0.133. The van der Waals surface area contributed by atoms with E-state index >= 15 is 0 Å². The number of nitrogens with zero attached hydrogens (tertiary/aromatic N) is 1. The van der Waals surface area contributed by atoms with E-state index in [1.165, 1.54) is 6.92 Å². The van der Waals surface area contributed by atoms with Crippen LogP contribution >= 0.6 is 0 Å². The lowest BCUT2D eigenvalue weighted by atomic mass is 9.94. The van der Waals surface area contributed by atoms with Crippen molar-refractivity contribution in [3.8, 4) is 11.1 Å². The third-order valence-electron chi connectivity index (χ3n) is 5.16. The van der Waals surface area contributed by atoms with Gasteiger partial charge in [-0.05, 0) is 62.6 Å². The minimum Gasteiger partial charge on any atom is -0.383 e. The number of nitrogens with one attached hydrogen (secondary N) is 2. The average molecular weight is 433 g/mol. The van der Waals surface area contributed by atoms with Gasteiger partial charge in [0.15, 0.2) is 5.60 Å². The molecule has 0 aliphatic heterocycles. The molecule has 1 atom stereocenters. The van der Waals surface area contributed by atoms with Crippen LogP contribution in [0.3, 0.4) is 0 Å². The van der Waals surface area contributed by atoms with E-state index in [2.05, 4.69) is 15.6 Å². The fourth-order valence-corrected chi connectivity index (χ4v) is 3.36. The molecule has 0 saturated carbocycles. The number of carbonyl (C=O) groups is 2. The summed E-state index contributed by atoms with van der Waals surface area (Å²) in [5, 5.41) is 16.3. The van der Waals surface area contributed by atoms with Crippen LogP contribution in [-0.2, 0) is 10.4 Å². The molecule has 0 spiro atoms. The maximum absolute atomic E-state index is 12.7. The highest BCUT2D eigenvalue weighted by molar-refractivity contribution is 6.00. The van der Waals surface area contributed by atoms with Crippen LogP contribution in [0.5, 0.6) is 0 Å². The van der Waals surface area contributed by atoms with Crippen LogP contribution in [0.15, 0.2) is 60.8 Å². The Morgan fingerprint density at radius 1 is 1.09 bits per heavy atom. The van der Waals surface area contributed by atoms with Crippen LogP contribution in [-0.4, -0.2) is 27.9 Å². The molecular weight excluding hydrogens is 404 g/mol. The monoisotopic (exact) mass is 432 g/mol. The van der Waals surface area contributed by atoms with Crippen LogP contribution in [0.4, 0.5) is 11.5 Å². The fourth-order valence-electron chi connectivity index (χ4n) is 3.36. The SMILES string of the molecule is Cc1cc(NC(=O)C(C)(O)c2ccccc2)ccc1-c1cnc(N)c(C(=O)NC(C)C)c1. The number of nitrogens with two attached hydrogens (primary N) is 1. The van der Waals surface area contributed by atoms with Crippen molar-refractivity contribution >= 4 is 23.3 Å². The molecule has 32 heavy (non-hydrogen) atoms. The van der Waals surface area contributed by atoms with E-state index in [0.29, 0.717) is 16.8 Å². The highest BCUT2D eigenvalue weighted by Gasteiger charge is 2.32. The van der Waals surface area contributed by atoms with E-state index in [9.17, 15) is 14.7 Å². The normalized spacial score (nSPS) is 12.8. The summed E-state index contributed by atoms with van der Waals surface area (Å²) in [6.45, 7) is 7.10. The second kappa shape index (κ2) is 9.20. The molecule has 2 amide bonds. The lowest BCUT2D eigenvalue weighted by Gasteiger charge is -2.23. The number of nitrogen functional groups attached to an aromatic ring is 1.